The molecule has 136 valence electrons. The number of hydrogen-bond acceptors (Lipinski definition) is 3. The molecule has 3 aliphatic rings. The second-order valence-electron chi connectivity index (χ2n) is 8.32. The molecule has 4 nitrogen and oxygen atoms in total. The van der Waals surface area contributed by atoms with Gasteiger partial charge in [0.25, 0.3) is 0 Å². The Morgan fingerprint density at radius 1 is 1.20 bits per heavy atom. The summed E-state index contributed by atoms with van der Waals surface area (Å²) in [5.41, 5.74) is 4.02. The third-order valence-electron chi connectivity index (χ3n) is 6.61. The predicted octanol–water partition coefficient (Wildman–Crippen LogP) is 4.52. The Labute approximate surface area is 151 Å². The summed E-state index contributed by atoms with van der Waals surface area (Å²) in [6.07, 6.45) is 16.9. The van der Waals surface area contributed by atoms with Crippen LogP contribution in [0.5, 0.6) is 0 Å². The number of likely N-dealkylation sites (tertiary alicyclic amines) is 1. The van der Waals surface area contributed by atoms with Crippen LogP contribution in [0.1, 0.15) is 63.9 Å². The van der Waals surface area contributed by atoms with Gasteiger partial charge in [-0.15, -0.1) is 0 Å². The molecule has 0 bridgehead atoms. The molecule has 3 atom stereocenters. The van der Waals surface area contributed by atoms with Crippen molar-refractivity contribution < 1.29 is 0 Å². The zero-order valence-corrected chi connectivity index (χ0v) is 15.6. The van der Waals surface area contributed by atoms with Crippen LogP contribution >= 0.6 is 0 Å². The van der Waals surface area contributed by atoms with Crippen molar-refractivity contribution in [2.45, 2.75) is 58.3 Å². The zero-order chi connectivity index (χ0) is 17.1. The minimum atomic E-state index is 0.539. The first-order valence-corrected chi connectivity index (χ1v) is 10.3. The molecule has 0 aromatic carbocycles. The fourth-order valence-corrected chi connectivity index (χ4v) is 5.00. The summed E-state index contributed by atoms with van der Waals surface area (Å²) in [7, 11) is 0. The number of aromatic amines is 1. The lowest BCUT2D eigenvalue weighted by Gasteiger charge is -2.34. The Hall–Kier alpha value is -1.42. The molecule has 2 fully saturated rings. The smallest absolute Gasteiger partial charge is 0.0563 e. The van der Waals surface area contributed by atoms with Crippen LogP contribution in [0, 0.1) is 17.8 Å². The highest BCUT2D eigenvalue weighted by molar-refractivity contribution is 6.01. The molecule has 4 rings (SSSR count). The van der Waals surface area contributed by atoms with Crippen molar-refractivity contribution >= 4 is 11.3 Å². The van der Waals surface area contributed by atoms with Crippen LogP contribution in [-0.2, 0) is 0 Å². The highest BCUT2D eigenvalue weighted by atomic mass is 15.1. The molecule has 1 N–H and O–H groups in total. The van der Waals surface area contributed by atoms with E-state index >= 15 is 0 Å². The molecule has 2 aliphatic heterocycles. The first-order chi connectivity index (χ1) is 12.3. The highest BCUT2D eigenvalue weighted by Crippen LogP contribution is 2.43. The Kier molecular flexibility index (Phi) is 5.35. The second kappa shape index (κ2) is 7.86. The van der Waals surface area contributed by atoms with Gasteiger partial charge in [0.05, 0.1) is 6.20 Å². The molecule has 0 spiro atoms. The van der Waals surface area contributed by atoms with Crippen molar-refractivity contribution in [1.82, 2.24) is 15.1 Å². The van der Waals surface area contributed by atoms with E-state index in [-0.39, 0.29) is 0 Å². The largest absolute Gasteiger partial charge is 0.303 e. The Morgan fingerprint density at radius 2 is 2.08 bits per heavy atom. The standard InChI is InChI=1S/C21H32N4/c1-16-11-19-20(18-13-23-24-14-18)15-22-21(19)12-17(16)7-3-6-10-25-8-4-2-5-9-25/h13-17,19H,2-12H2,1H3,(H,23,24). The Morgan fingerprint density at radius 3 is 2.88 bits per heavy atom. The average molecular weight is 341 g/mol. The van der Waals surface area contributed by atoms with E-state index in [0.717, 1.165) is 11.8 Å². The van der Waals surface area contributed by atoms with Crippen LogP contribution < -0.4 is 0 Å². The first kappa shape index (κ1) is 17.0. The van der Waals surface area contributed by atoms with Gasteiger partial charge in [-0.25, -0.2) is 0 Å². The van der Waals surface area contributed by atoms with Gasteiger partial charge >= 0.3 is 0 Å². The fraction of sp³-hybridized carbons (Fsp3) is 0.714. The number of aromatic nitrogens is 2. The number of piperidine rings is 1. The van der Waals surface area contributed by atoms with Gasteiger partial charge in [0.15, 0.2) is 0 Å². The van der Waals surface area contributed by atoms with E-state index in [2.05, 4.69) is 28.2 Å². The molecule has 3 unspecified atom stereocenters. The van der Waals surface area contributed by atoms with Crippen molar-refractivity contribution in [3.05, 3.63) is 24.2 Å². The topological polar surface area (TPSA) is 44.3 Å². The molecule has 1 saturated carbocycles. The molecular formula is C21H32N4. The quantitative estimate of drug-likeness (QED) is 0.774. The number of nitrogens with zero attached hydrogens (tertiary/aromatic N) is 3. The van der Waals surface area contributed by atoms with E-state index in [1.165, 1.54) is 87.8 Å². The Bertz CT molecular complexity index is 610. The van der Waals surface area contributed by atoms with Gasteiger partial charge < -0.3 is 4.90 Å². The molecule has 4 heteroatoms. The summed E-state index contributed by atoms with van der Waals surface area (Å²) in [4.78, 5) is 7.46. The van der Waals surface area contributed by atoms with Crippen LogP contribution in [0.15, 0.2) is 23.6 Å². The number of nitrogens with one attached hydrogen (secondary N) is 1. The molecule has 1 aromatic heterocycles. The van der Waals surface area contributed by atoms with E-state index in [4.69, 9.17) is 4.99 Å². The number of unbranched alkanes of at least 4 members (excludes halogenated alkanes) is 1. The normalized spacial score (nSPS) is 30.0. The van der Waals surface area contributed by atoms with Gasteiger partial charge in [0, 0.05) is 29.6 Å². The molecule has 1 saturated heterocycles. The van der Waals surface area contributed by atoms with E-state index in [1.54, 1.807) is 0 Å². The van der Waals surface area contributed by atoms with Crippen molar-refractivity contribution in [1.29, 1.82) is 0 Å². The lowest BCUT2D eigenvalue weighted by atomic mass is 9.70. The fourth-order valence-electron chi connectivity index (χ4n) is 5.00. The van der Waals surface area contributed by atoms with Crippen molar-refractivity contribution in [2.24, 2.45) is 22.7 Å². The summed E-state index contributed by atoms with van der Waals surface area (Å²) in [5.74, 6) is 2.16. The maximum absolute atomic E-state index is 4.79. The summed E-state index contributed by atoms with van der Waals surface area (Å²) < 4.78 is 0. The predicted molar refractivity (Wildman–Crippen MR) is 104 cm³/mol. The number of aliphatic imine (C=N–C) groups is 1. The van der Waals surface area contributed by atoms with Gasteiger partial charge in [-0.1, -0.05) is 19.8 Å². The van der Waals surface area contributed by atoms with E-state index in [0.29, 0.717) is 5.92 Å². The van der Waals surface area contributed by atoms with Gasteiger partial charge in [0.1, 0.15) is 0 Å². The maximum atomic E-state index is 4.79. The number of allylic oxidation sites excluding steroid dienone is 1. The van der Waals surface area contributed by atoms with Crippen molar-refractivity contribution in [3.63, 3.8) is 0 Å². The monoisotopic (exact) mass is 340 g/mol. The number of H-pyrrole nitrogens is 1. The van der Waals surface area contributed by atoms with Crippen LogP contribution in [0.25, 0.3) is 5.57 Å². The third-order valence-corrected chi connectivity index (χ3v) is 6.61. The molecule has 1 aliphatic carbocycles. The molecule has 3 heterocycles. The van der Waals surface area contributed by atoms with Crippen molar-refractivity contribution in [2.75, 3.05) is 19.6 Å². The minimum absolute atomic E-state index is 0.539. The molecule has 0 amide bonds. The third kappa shape index (κ3) is 3.89. The van der Waals surface area contributed by atoms with Gasteiger partial charge in [0.2, 0.25) is 0 Å². The number of rotatable bonds is 6. The minimum Gasteiger partial charge on any atom is -0.303 e. The Balaban J connectivity index is 1.24. The van der Waals surface area contributed by atoms with Crippen LogP contribution in [0.3, 0.4) is 0 Å². The second-order valence-corrected chi connectivity index (χ2v) is 8.32. The summed E-state index contributed by atoms with van der Waals surface area (Å²) in [5, 5.41) is 7.04. The molecule has 0 radical (unpaired) electrons. The highest BCUT2D eigenvalue weighted by Gasteiger charge is 2.36. The van der Waals surface area contributed by atoms with Crippen LogP contribution in [-0.4, -0.2) is 40.4 Å². The first-order valence-electron chi connectivity index (χ1n) is 10.3. The number of fused-ring (bicyclic) bond motifs is 1. The molecular weight excluding hydrogens is 308 g/mol. The van der Waals surface area contributed by atoms with Crippen LogP contribution in [0.4, 0.5) is 0 Å². The lowest BCUT2D eigenvalue weighted by molar-refractivity contribution is 0.217. The summed E-state index contributed by atoms with van der Waals surface area (Å²) in [6, 6.07) is 0. The van der Waals surface area contributed by atoms with E-state index < -0.39 is 0 Å². The van der Waals surface area contributed by atoms with Gasteiger partial charge in [-0.05, 0) is 75.6 Å². The SMILES string of the molecule is CC1CC2C(c3cn[nH]c3)=CN=C2CC1CCCCN1CCCCC1. The molecule has 25 heavy (non-hydrogen) atoms. The summed E-state index contributed by atoms with van der Waals surface area (Å²) >= 11 is 0. The average Bonchev–Trinajstić information content (AvgIpc) is 3.29. The zero-order valence-electron chi connectivity index (χ0n) is 15.6. The van der Waals surface area contributed by atoms with Crippen molar-refractivity contribution in [3.8, 4) is 0 Å². The number of hydrogen-bond donors (Lipinski definition) is 1. The van der Waals surface area contributed by atoms with Gasteiger partial charge in [-0.3, -0.25) is 10.1 Å². The maximum Gasteiger partial charge on any atom is 0.0563 e. The lowest BCUT2D eigenvalue weighted by Crippen LogP contribution is -2.31. The summed E-state index contributed by atoms with van der Waals surface area (Å²) in [6.45, 7) is 6.44. The molecule has 1 aromatic rings. The van der Waals surface area contributed by atoms with E-state index in [9.17, 15) is 0 Å². The van der Waals surface area contributed by atoms with E-state index in [1.807, 2.05) is 12.4 Å². The van der Waals surface area contributed by atoms with Crippen LogP contribution in [0.2, 0.25) is 0 Å². The van der Waals surface area contributed by atoms with Gasteiger partial charge in [-0.2, -0.15) is 5.10 Å².